The molecule has 0 aliphatic carbocycles. The molecule has 5 nitrogen and oxygen atoms in total. The van der Waals surface area contributed by atoms with Gasteiger partial charge in [0, 0.05) is 13.2 Å². The van der Waals surface area contributed by atoms with Crippen molar-refractivity contribution in [2.24, 2.45) is 5.92 Å². The fraction of sp³-hybridized carbons (Fsp3) is 1.00. The third-order valence-electron chi connectivity index (χ3n) is 5.02. The second kappa shape index (κ2) is 24.1. The van der Waals surface area contributed by atoms with Gasteiger partial charge in [0.15, 0.2) is 0 Å². The van der Waals surface area contributed by atoms with Crippen LogP contribution in [0.2, 0.25) is 0 Å². The highest BCUT2D eigenvalue weighted by Crippen LogP contribution is 2.12. The summed E-state index contributed by atoms with van der Waals surface area (Å²) in [7, 11) is 0. The van der Waals surface area contributed by atoms with Gasteiger partial charge in [0.2, 0.25) is 0 Å². The number of aliphatic hydroxyl groups is 1. The number of unbranched alkanes of at least 4 members (excludes halogenated alkanes) is 9. The third-order valence-corrected chi connectivity index (χ3v) is 5.02. The Kier molecular flexibility index (Phi) is 23.9. The van der Waals surface area contributed by atoms with Crippen LogP contribution in [0.1, 0.15) is 91.4 Å². The van der Waals surface area contributed by atoms with Crippen LogP contribution in [0.4, 0.5) is 0 Å². The lowest BCUT2D eigenvalue weighted by Crippen LogP contribution is -2.18. The highest BCUT2D eigenvalue weighted by Gasteiger charge is 2.09. The molecule has 29 heavy (non-hydrogen) atoms. The molecule has 0 amide bonds. The molecule has 176 valence electrons. The van der Waals surface area contributed by atoms with Gasteiger partial charge in [-0.2, -0.15) is 0 Å². The molecule has 0 radical (unpaired) electrons. The molecule has 0 bridgehead atoms. The normalized spacial score (nSPS) is 13.7. The minimum absolute atomic E-state index is 0.0579. The molecule has 0 spiro atoms. The van der Waals surface area contributed by atoms with Gasteiger partial charge in [0.25, 0.3) is 0 Å². The molecule has 1 N–H and O–H groups in total. The fourth-order valence-corrected chi connectivity index (χ4v) is 3.37. The topological polar surface area (TPSA) is 57.2 Å². The molecule has 0 saturated carbocycles. The van der Waals surface area contributed by atoms with E-state index in [0.29, 0.717) is 45.1 Å². The molecule has 0 rings (SSSR count). The van der Waals surface area contributed by atoms with E-state index in [1.165, 1.54) is 64.2 Å². The van der Waals surface area contributed by atoms with Crippen LogP contribution in [-0.4, -0.2) is 64.1 Å². The first kappa shape index (κ1) is 28.8. The maximum Gasteiger partial charge on any atom is 0.0701 e. The summed E-state index contributed by atoms with van der Waals surface area (Å²) in [5.74, 6) is 0.491. The zero-order chi connectivity index (χ0) is 21.4. The summed E-state index contributed by atoms with van der Waals surface area (Å²) in [4.78, 5) is 0. The Morgan fingerprint density at radius 3 is 1.72 bits per heavy atom. The monoisotopic (exact) mass is 418 g/mol. The smallest absolute Gasteiger partial charge is 0.0701 e. The van der Waals surface area contributed by atoms with Gasteiger partial charge in [-0.25, -0.2) is 0 Å². The van der Waals surface area contributed by atoms with Crippen molar-refractivity contribution in [3.8, 4) is 0 Å². The average molecular weight is 419 g/mol. The standard InChI is InChI=1S/C24H50O5/c1-4-5-6-7-8-9-10-11-12-13-15-29-24(3)21-23(2)22-28-20-19-27-18-17-26-16-14-25/h23-25H,4-22H2,1-3H3. The van der Waals surface area contributed by atoms with Crippen LogP contribution in [-0.2, 0) is 18.9 Å². The first-order valence-electron chi connectivity index (χ1n) is 12.2. The molecule has 0 aliphatic rings. The minimum Gasteiger partial charge on any atom is -0.394 e. The van der Waals surface area contributed by atoms with Crippen molar-refractivity contribution < 1.29 is 24.1 Å². The number of rotatable bonds is 24. The molecule has 0 aliphatic heterocycles. The maximum absolute atomic E-state index is 8.59. The van der Waals surface area contributed by atoms with Crippen LogP contribution < -0.4 is 0 Å². The summed E-state index contributed by atoms with van der Waals surface area (Å²) in [5.41, 5.74) is 0. The summed E-state index contributed by atoms with van der Waals surface area (Å²) in [5, 5.41) is 8.59. The molecule has 5 heteroatoms. The number of aliphatic hydroxyl groups excluding tert-OH is 1. The third kappa shape index (κ3) is 23.9. The van der Waals surface area contributed by atoms with E-state index in [1.807, 2.05) is 0 Å². The van der Waals surface area contributed by atoms with Crippen molar-refractivity contribution in [1.82, 2.24) is 0 Å². The molecular formula is C24H50O5. The van der Waals surface area contributed by atoms with Crippen molar-refractivity contribution in [2.75, 3.05) is 52.9 Å². The van der Waals surface area contributed by atoms with Gasteiger partial charge in [0.1, 0.15) is 0 Å². The molecule has 2 unspecified atom stereocenters. The van der Waals surface area contributed by atoms with E-state index in [2.05, 4.69) is 20.8 Å². The van der Waals surface area contributed by atoms with Crippen LogP contribution in [0.3, 0.4) is 0 Å². The van der Waals surface area contributed by atoms with Crippen LogP contribution in [0.5, 0.6) is 0 Å². The van der Waals surface area contributed by atoms with Gasteiger partial charge >= 0.3 is 0 Å². The van der Waals surface area contributed by atoms with Crippen molar-refractivity contribution >= 4 is 0 Å². The zero-order valence-corrected chi connectivity index (χ0v) is 19.7. The lowest BCUT2D eigenvalue weighted by Gasteiger charge is -2.18. The van der Waals surface area contributed by atoms with E-state index in [1.54, 1.807) is 0 Å². The Morgan fingerprint density at radius 2 is 1.14 bits per heavy atom. The molecule has 0 aromatic carbocycles. The lowest BCUT2D eigenvalue weighted by atomic mass is 10.1. The first-order chi connectivity index (χ1) is 14.2. The van der Waals surface area contributed by atoms with Gasteiger partial charge in [0.05, 0.1) is 45.7 Å². The number of hydrogen-bond acceptors (Lipinski definition) is 5. The first-order valence-corrected chi connectivity index (χ1v) is 12.2. The summed E-state index contributed by atoms with van der Waals surface area (Å²) >= 11 is 0. The van der Waals surface area contributed by atoms with E-state index in [9.17, 15) is 0 Å². The van der Waals surface area contributed by atoms with Crippen molar-refractivity contribution in [3.63, 3.8) is 0 Å². The minimum atomic E-state index is 0.0579. The fourth-order valence-electron chi connectivity index (χ4n) is 3.37. The van der Waals surface area contributed by atoms with E-state index < -0.39 is 0 Å². The van der Waals surface area contributed by atoms with Crippen LogP contribution in [0.25, 0.3) is 0 Å². The van der Waals surface area contributed by atoms with Gasteiger partial charge < -0.3 is 24.1 Å². The van der Waals surface area contributed by atoms with Crippen LogP contribution in [0.15, 0.2) is 0 Å². The molecule has 0 fully saturated rings. The summed E-state index contributed by atoms with van der Waals surface area (Å²) in [6, 6.07) is 0. The van der Waals surface area contributed by atoms with Gasteiger partial charge in [-0.1, -0.05) is 71.6 Å². The van der Waals surface area contributed by atoms with Crippen LogP contribution in [0, 0.1) is 5.92 Å². The summed E-state index contributed by atoms with van der Waals surface area (Å²) < 4.78 is 22.2. The number of ether oxygens (including phenoxy) is 4. The Bertz CT molecular complexity index is 301. The van der Waals surface area contributed by atoms with E-state index in [0.717, 1.165) is 19.6 Å². The van der Waals surface area contributed by atoms with Gasteiger partial charge in [-0.3, -0.25) is 0 Å². The molecule has 0 heterocycles. The Morgan fingerprint density at radius 1 is 0.621 bits per heavy atom. The van der Waals surface area contributed by atoms with Gasteiger partial charge in [-0.15, -0.1) is 0 Å². The Hall–Kier alpha value is -0.200. The molecule has 0 saturated heterocycles. The summed E-state index contributed by atoms with van der Waals surface area (Å²) in [6.07, 6.45) is 14.9. The second-order valence-corrected chi connectivity index (χ2v) is 8.23. The predicted molar refractivity (Wildman–Crippen MR) is 121 cm³/mol. The van der Waals surface area contributed by atoms with Crippen molar-refractivity contribution in [2.45, 2.75) is 97.5 Å². The molecule has 2 atom stereocenters. The Labute approximate surface area is 180 Å². The van der Waals surface area contributed by atoms with E-state index in [-0.39, 0.29) is 6.61 Å². The van der Waals surface area contributed by atoms with E-state index in [4.69, 9.17) is 24.1 Å². The second-order valence-electron chi connectivity index (χ2n) is 8.23. The molecule has 0 aromatic heterocycles. The summed E-state index contributed by atoms with van der Waals surface area (Å²) in [6.45, 7) is 11.0. The number of hydrogen-bond donors (Lipinski definition) is 1. The zero-order valence-electron chi connectivity index (χ0n) is 19.7. The quantitative estimate of drug-likeness (QED) is 0.213. The van der Waals surface area contributed by atoms with Gasteiger partial charge in [-0.05, 0) is 25.7 Å². The molecular weight excluding hydrogens is 368 g/mol. The van der Waals surface area contributed by atoms with Crippen molar-refractivity contribution in [3.05, 3.63) is 0 Å². The maximum atomic E-state index is 8.59. The van der Waals surface area contributed by atoms with Crippen LogP contribution >= 0.6 is 0 Å². The molecule has 0 aromatic rings. The largest absolute Gasteiger partial charge is 0.394 e. The average Bonchev–Trinajstić information content (AvgIpc) is 2.70. The highest BCUT2D eigenvalue weighted by atomic mass is 16.5. The lowest BCUT2D eigenvalue weighted by molar-refractivity contribution is -0.00487. The van der Waals surface area contributed by atoms with E-state index >= 15 is 0 Å². The predicted octanol–water partition coefficient (Wildman–Crippen LogP) is 5.38. The SMILES string of the molecule is CCCCCCCCCCCCOC(C)CC(C)COCCOCCOCCO. The highest BCUT2D eigenvalue weighted by molar-refractivity contribution is 4.58. The van der Waals surface area contributed by atoms with Crippen molar-refractivity contribution in [1.29, 1.82) is 0 Å². The Balaban J connectivity index is 3.29.